The fourth-order valence-electron chi connectivity index (χ4n) is 2.33. The van der Waals surface area contributed by atoms with Crippen LogP contribution < -0.4 is 10.9 Å². The van der Waals surface area contributed by atoms with Crippen molar-refractivity contribution in [3.05, 3.63) is 27.2 Å². The molecular formula is C13H16N4O4S. The second kappa shape index (κ2) is 5.88. The first kappa shape index (κ1) is 16.2. The van der Waals surface area contributed by atoms with Gasteiger partial charge in [-0.2, -0.15) is 10.4 Å². The molecule has 1 aromatic rings. The molecule has 9 heteroatoms. The van der Waals surface area contributed by atoms with Gasteiger partial charge in [0.2, 0.25) is 5.91 Å². The number of nitrogens with zero attached hydrogens (tertiary/aromatic N) is 3. The number of aromatic nitrogens is 2. The van der Waals surface area contributed by atoms with Crippen LogP contribution in [0.3, 0.4) is 0 Å². The lowest BCUT2D eigenvalue weighted by Gasteiger charge is -2.12. The van der Waals surface area contributed by atoms with Crippen LogP contribution in [0.5, 0.6) is 0 Å². The average molecular weight is 324 g/mol. The summed E-state index contributed by atoms with van der Waals surface area (Å²) in [7, 11) is -3.09. The minimum absolute atomic E-state index is 0.0382. The number of aryl methyl sites for hydroxylation is 1. The summed E-state index contributed by atoms with van der Waals surface area (Å²) in [5, 5.41) is 15.6. The van der Waals surface area contributed by atoms with Crippen molar-refractivity contribution < 1.29 is 13.2 Å². The van der Waals surface area contributed by atoms with Crippen LogP contribution in [0.25, 0.3) is 0 Å². The number of hydrogen-bond donors (Lipinski definition) is 1. The van der Waals surface area contributed by atoms with Crippen LogP contribution in [0.1, 0.15) is 23.2 Å². The highest BCUT2D eigenvalue weighted by Gasteiger charge is 2.29. The van der Waals surface area contributed by atoms with Gasteiger partial charge in [0.25, 0.3) is 5.56 Å². The van der Waals surface area contributed by atoms with Crippen LogP contribution in [0.15, 0.2) is 4.79 Å². The van der Waals surface area contributed by atoms with Crippen molar-refractivity contribution in [2.24, 2.45) is 0 Å². The van der Waals surface area contributed by atoms with Gasteiger partial charge in [0.15, 0.2) is 9.84 Å². The minimum Gasteiger partial charge on any atom is -0.351 e. The lowest BCUT2D eigenvalue weighted by atomic mass is 10.1. The molecule has 1 N–H and O–H groups in total. The molecule has 0 saturated carbocycles. The molecule has 2 heterocycles. The predicted octanol–water partition coefficient (Wildman–Crippen LogP) is -0.965. The van der Waals surface area contributed by atoms with E-state index in [0.29, 0.717) is 17.7 Å². The van der Waals surface area contributed by atoms with Crippen LogP contribution in [0.4, 0.5) is 0 Å². The molecule has 8 nitrogen and oxygen atoms in total. The second-order valence-electron chi connectivity index (χ2n) is 5.33. The van der Waals surface area contributed by atoms with E-state index in [-0.39, 0.29) is 23.6 Å². The van der Waals surface area contributed by atoms with Gasteiger partial charge in [0.05, 0.1) is 17.2 Å². The molecule has 0 unspecified atom stereocenters. The van der Waals surface area contributed by atoms with E-state index >= 15 is 0 Å². The monoisotopic (exact) mass is 324 g/mol. The van der Waals surface area contributed by atoms with E-state index in [1.165, 1.54) is 0 Å². The van der Waals surface area contributed by atoms with E-state index in [0.717, 1.165) is 4.68 Å². The summed E-state index contributed by atoms with van der Waals surface area (Å²) in [6.45, 7) is 2.93. The van der Waals surface area contributed by atoms with Crippen LogP contribution in [-0.2, 0) is 21.2 Å². The SMILES string of the molecule is Cc1nn(CC(=O)N[C@H]2CCS(=O)(=O)C2)c(=O)c(C#N)c1C. The molecule has 1 atom stereocenters. The molecule has 0 spiro atoms. The zero-order valence-corrected chi connectivity index (χ0v) is 13.1. The number of carbonyl (C=O) groups is 1. The van der Waals surface area contributed by atoms with Crippen molar-refractivity contribution in [1.82, 2.24) is 15.1 Å². The Balaban J connectivity index is 2.15. The topological polar surface area (TPSA) is 122 Å². The first-order valence-electron chi connectivity index (χ1n) is 6.71. The molecule has 1 aliphatic rings. The Kier molecular flexibility index (Phi) is 4.32. The quantitative estimate of drug-likeness (QED) is 0.764. The Bertz CT molecular complexity index is 820. The third kappa shape index (κ3) is 3.33. The third-order valence-corrected chi connectivity index (χ3v) is 5.41. The van der Waals surface area contributed by atoms with Crippen molar-refractivity contribution in [2.45, 2.75) is 32.9 Å². The van der Waals surface area contributed by atoms with E-state index in [9.17, 15) is 18.0 Å². The highest BCUT2D eigenvalue weighted by molar-refractivity contribution is 7.91. The number of nitriles is 1. The molecule has 2 rings (SSSR count). The lowest BCUT2D eigenvalue weighted by molar-refractivity contribution is -0.122. The first-order valence-corrected chi connectivity index (χ1v) is 8.54. The normalized spacial score (nSPS) is 19.6. The van der Waals surface area contributed by atoms with Gasteiger partial charge < -0.3 is 5.32 Å². The van der Waals surface area contributed by atoms with Gasteiger partial charge in [0.1, 0.15) is 18.2 Å². The molecule has 118 valence electrons. The highest BCUT2D eigenvalue weighted by atomic mass is 32.2. The maximum absolute atomic E-state index is 12.1. The molecule has 1 aromatic heterocycles. The first-order chi connectivity index (χ1) is 10.2. The van der Waals surface area contributed by atoms with Gasteiger partial charge in [-0.1, -0.05) is 0 Å². The second-order valence-corrected chi connectivity index (χ2v) is 7.56. The molecule has 1 fully saturated rings. The van der Waals surface area contributed by atoms with Gasteiger partial charge in [-0.3, -0.25) is 9.59 Å². The molecule has 1 amide bonds. The molecule has 0 aliphatic carbocycles. The Hall–Kier alpha value is -2.21. The third-order valence-electron chi connectivity index (χ3n) is 3.64. The van der Waals surface area contributed by atoms with Gasteiger partial charge in [0, 0.05) is 6.04 Å². The fraction of sp³-hybridized carbons (Fsp3) is 0.538. The number of hydrogen-bond acceptors (Lipinski definition) is 6. The van der Waals surface area contributed by atoms with Crippen LogP contribution in [0.2, 0.25) is 0 Å². The summed E-state index contributed by atoms with van der Waals surface area (Å²) >= 11 is 0. The van der Waals surface area contributed by atoms with E-state index in [4.69, 9.17) is 5.26 Å². The Morgan fingerprint density at radius 2 is 2.18 bits per heavy atom. The summed E-state index contributed by atoms with van der Waals surface area (Å²) in [6, 6.07) is 1.38. The molecule has 0 bridgehead atoms. The van der Waals surface area contributed by atoms with E-state index in [2.05, 4.69) is 10.4 Å². The van der Waals surface area contributed by atoms with E-state index in [1.54, 1.807) is 13.8 Å². The summed E-state index contributed by atoms with van der Waals surface area (Å²) in [5.74, 6) is -0.528. The van der Waals surface area contributed by atoms with Crippen molar-refractivity contribution in [2.75, 3.05) is 11.5 Å². The van der Waals surface area contributed by atoms with Crippen LogP contribution in [-0.4, -0.2) is 41.7 Å². The predicted molar refractivity (Wildman–Crippen MR) is 77.9 cm³/mol. The fourth-order valence-corrected chi connectivity index (χ4v) is 4.00. The minimum atomic E-state index is -3.09. The zero-order valence-electron chi connectivity index (χ0n) is 12.3. The van der Waals surface area contributed by atoms with Gasteiger partial charge in [-0.05, 0) is 25.8 Å². The average Bonchev–Trinajstić information content (AvgIpc) is 2.75. The number of rotatable bonds is 3. The number of carbonyl (C=O) groups excluding carboxylic acids is 1. The highest BCUT2D eigenvalue weighted by Crippen LogP contribution is 2.11. The largest absolute Gasteiger partial charge is 0.351 e. The lowest BCUT2D eigenvalue weighted by Crippen LogP contribution is -2.40. The van der Waals surface area contributed by atoms with Crippen molar-refractivity contribution in [3.63, 3.8) is 0 Å². The van der Waals surface area contributed by atoms with Gasteiger partial charge in [-0.15, -0.1) is 0 Å². The molecule has 0 aromatic carbocycles. The van der Waals surface area contributed by atoms with E-state index in [1.807, 2.05) is 6.07 Å². The summed E-state index contributed by atoms with van der Waals surface area (Å²) in [5.41, 5.74) is 0.321. The van der Waals surface area contributed by atoms with E-state index < -0.39 is 27.3 Å². The molecule has 0 radical (unpaired) electrons. The molecular weight excluding hydrogens is 308 g/mol. The van der Waals surface area contributed by atoms with Crippen molar-refractivity contribution >= 4 is 15.7 Å². The molecule has 1 saturated heterocycles. The molecule has 22 heavy (non-hydrogen) atoms. The Morgan fingerprint density at radius 1 is 1.50 bits per heavy atom. The Morgan fingerprint density at radius 3 is 2.73 bits per heavy atom. The summed E-state index contributed by atoms with van der Waals surface area (Å²) in [4.78, 5) is 24.0. The summed E-state index contributed by atoms with van der Waals surface area (Å²) < 4.78 is 23.6. The van der Waals surface area contributed by atoms with Crippen LogP contribution in [0, 0.1) is 25.2 Å². The van der Waals surface area contributed by atoms with Crippen molar-refractivity contribution in [3.8, 4) is 6.07 Å². The van der Waals surface area contributed by atoms with Crippen LogP contribution >= 0.6 is 0 Å². The van der Waals surface area contributed by atoms with Gasteiger partial charge >= 0.3 is 0 Å². The number of amides is 1. The number of sulfone groups is 1. The molecule has 1 aliphatic heterocycles. The van der Waals surface area contributed by atoms with Crippen molar-refractivity contribution in [1.29, 1.82) is 5.26 Å². The number of nitrogens with one attached hydrogen (secondary N) is 1. The van der Waals surface area contributed by atoms with Gasteiger partial charge in [-0.25, -0.2) is 13.1 Å². The standard InChI is InChI=1S/C13H16N4O4S/c1-8-9(2)16-17(13(19)11(8)5-14)6-12(18)15-10-3-4-22(20,21)7-10/h10H,3-4,6-7H2,1-2H3,(H,15,18)/t10-/m0/s1. The maximum Gasteiger partial charge on any atom is 0.285 e. The smallest absolute Gasteiger partial charge is 0.285 e. The Labute approximate surface area is 127 Å². The maximum atomic E-state index is 12.1. The summed E-state index contributed by atoms with van der Waals surface area (Å²) in [6.07, 6.45) is 0.368. The zero-order chi connectivity index (χ0) is 16.5.